The molecule has 0 heterocycles. The van der Waals surface area contributed by atoms with Gasteiger partial charge in [-0.25, -0.2) is 0 Å². The third-order valence-electron chi connectivity index (χ3n) is 0. The summed E-state index contributed by atoms with van der Waals surface area (Å²) in [4.78, 5) is 0. The molecule has 0 unspecified atom stereocenters. The predicted molar refractivity (Wildman–Crippen MR) is 56.0 cm³/mol. The highest BCUT2D eigenvalue weighted by molar-refractivity contribution is 7.73. The van der Waals surface area contributed by atoms with Crippen molar-refractivity contribution in [2.75, 3.05) is 46.7 Å². The molecule has 0 N–H and O–H groups in total. The van der Waals surface area contributed by atoms with Crippen molar-refractivity contribution in [3.05, 3.63) is 0 Å². The molecular formula is C7H21OP2+. The average Bonchev–Trinajstić information content (AvgIpc) is 1.12. The fraction of sp³-hybridized carbons (Fsp3) is 1.00. The van der Waals surface area contributed by atoms with Crippen LogP contribution in [0, 0.1) is 0 Å². The van der Waals surface area contributed by atoms with Gasteiger partial charge in [0.05, 0.1) is 7.14 Å². The van der Waals surface area contributed by atoms with Crippen molar-refractivity contribution in [3.63, 3.8) is 0 Å². The first-order valence-corrected chi connectivity index (χ1v) is 9.94. The molecule has 0 saturated heterocycles. The second-order valence-electron chi connectivity index (χ2n) is 4.57. The largest absolute Gasteiger partial charge is 0.324 e. The fourth-order valence-corrected chi connectivity index (χ4v) is 0. The maximum atomic E-state index is 10.2. The topological polar surface area (TPSA) is 17.1 Å². The molecule has 10 heavy (non-hydrogen) atoms. The second kappa shape index (κ2) is 4.52. The van der Waals surface area contributed by atoms with E-state index in [2.05, 4.69) is 26.7 Å². The molecular weight excluding hydrogens is 162 g/mol. The highest BCUT2D eigenvalue weighted by Crippen LogP contribution is 2.40. The van der Waals surface area contributed by atoms with Crippen LogP contribution in [0.4, 0.5) is 0 Å². The number of hydrogen-bond acceptors (Lipinski definition) is 1. The van der Waals surface area contributed by atoms with Crippen LogP contribution in [-0.2, 0) is 4.57 Å². The van der Waals surface area contributed by atoms with Gasteiger partial charge in [0.2, 0.25) is 0 Å². The Labute approximate surface area is 66.3 Å². The first-order valence-electron chi connectivity index (χ1n) is 3.31. The standard InChI is InChI=1S/C4H12P.C3H9OP/c2*1-5(2,3)4/h1-4H3;1-3H3/q+1;. The molecule has 0 aromatic carbocycles. The molecule has 0 aliphatic carbocycles. The molecule has 0 aliphatic rings. The molecule has 0 aromatic rings. The van der Waals surface area contributed by atoms with Crippen LogP contribution in [0.15, 0.2) is 0 Å². The first kappa shape index (κ1) is 13.3. The maximum Gasteiger partial charge on any atom is 0.0790 e. The lowest BCUT2D eigenvalue weighted by Gasteiger charge is -1.97. The van der Waals surface area contributed by atoms with Crippen LogP contribution >= 0.6 is 14.4 Å². The molecule has 0 radical (unpaired) electrons. The zero-order chi connectivity index (χ0) is 9.00. The van der Waals surface area contributed by atoms with Gasteiger partial charge in [0.15, 0.2) is 0 Å². The lowest BCUT2D eigenvalue weighted by molar-refractivity contribution is 0.586. The molecule has 0 aromatic heterocycles. The lowest BCUT2D eigenvalue weighted by Crippen LogP contribution is -1.74. The van der Waals surface area contributed by atoms with E-state index in [1.165, 1.54) is 0 Å². The van der Waals surface area contributed by atoms with Crippen molar-refractivity contribution in [1.82, 2.24) is 0 Å². The van der Waals surface area contributed by atoms with Gasteiger partial charge in [-0.15, -0.1) is 0 Å². The van der Waals surface area contributed by atoms with Crippen LogP contribution in [0.1, 0.15) is 0 Å². The second-order valence-corrected chi connectivity index (χ2v) is 13.7. The molecule has 0 amide bonds. The van der Waals surface area contributed by atoms with Crippen molar-refractivity contribution < 1.29 is 4.57 Å². The van der Waals surface area contributed by atoms with E-state index >= 15 is 0 Å². The molecule has 0 atom stereocenters. The average molecular weight is 183 g/mol. The van der Waals surface area contributed by atoms with Gasteiger partial charge in [0.1, 0.15) is 0 Å². The van der Waals surface area contributed by atoms with Crippen LogP contribution in [-0.4, -0.2) is 46.7 Å². The molecule has 0 aliphatic heterocycles. The molecule has 1 nitrogen and oxygen atoms in total. The van der Waals surface area contributed by atoms with E-state index in [1.54, 1.807) is 20.0 Å². The van der Waals surface area contributed by atoms with Gasteiger partial charge >= 0.3 is 0 Å². The Bertz CT molecular complexity index is 104. The van der Waals surface area contributed by atoms with Crippen LogP contribution in [0.2, 0.25) is 0 Å². The zero-order valence-corrected chi connectivity index (χ0v) is 10.1. The number of rotatable bonds is 0. The molecule has 0 spiro atoms. The molecule has 0 rings (SSSR count). The minimum Gasteiger partial charge on any atom is -0.324 e. The summed E-state index contributed by atoms with van der Waals surface area (Å²) in [6.07, 6.45) is 0. The first-order chi connectivity index (χ1) is 4.00. The van der Waals surface area contributed by atoms with Gasteiger partial charge in [-0.1, -0.05) is 0 Å². The molecule has 0 saturated carbocycles. The Morgan fingerprint density at radius 1 is 0.900 bits per heavy atom. The van der Waals surface area contributed by atoms with Crippen molar-refractivity contribution in [3.8, 4) is 0 Å². The summed E-state index contributed by atoms with van der Waals surface area (Å²) in [5.74, 6) is 0. The Balaban J connectivity index is 0. The third-order valence-corrected chi connectivity index (χ3v) is 0. The van der Waals surface area contributed by atoms with Gasteiger partial charge in [-0.05, 0) is 20.0 Å². The van der Waals surface area contributed by atoms with Crippen LogP contribution in [0.5, 0.6) is 0 Å². The summed E-state index contributed by atoms with van der Waals surface area (Å²) in [5.41, 5.74) is 0. The van der Waals surface area contributed by atoms with Crippen molar-refractivity contribution >= 4 is 14.4 Å². The van der Waals surface area contributed by atoms with Crippen LogP contribution in [0.25, 0.3) is 0 Å². The third kappa shape index (κ3) is 1170. The van der Waals surface area contributed by atoms with Crippen LogP contribution < -0.4 is 0 Å². The fourth-order valence-electron chi connectivity index (χ4n) is 0. The van der Waals surface area contributed by atoms with Gasteiger partial charge in [-0.2, -0.15) is 0 Å². The van der Waals surface area contributed by atoms with Crippen LogP contribution in [0.3, 0.4) is 0 Å². The highest BCUT2D eigenvalue weighted by Gasteiger charge is 2.03. The highest BCUT2D eigenvalue weighted by atomic mass is 31.2. The van der Waals surface area contributed by atoms with Gasteiger partial charge in [0.25, 0.3) is 0 Å². The minimum atomic E-state index is -1.64. The van der Waals surface area contributed by atoms with Gasteiger partial charge in [-0.3, -0.25) is 0 Å². The Morgan fingerprint density at radius 2 is 0.900 bits per heavy atom. The van der Waals surface area contributed by atoms with Crippen molar-refractivity contribution in [2.24, 2.45) is 0 Å². The van der Waals surface area contributed by atoms with E-state index in [0.29, 0.717) is 0 Å². The SMILES string of the molecule is CP(C)(C)=O.C[P+](C)(C)C. The summed E-state index contributed by atoms with van der Waals surface area (Å²) in [6.45, 7) is 14.4. The van der Waals surface area contributed by atoms with E-state index in [1.807, 2.05) is 0 Å². The van der Waals surface area contributed by atoms with E-state index in [4.69, 9.17) is 0 Å². The maximum absolute atomic E-state index is 10.2. The monoisotopic (exact) mass is 183 g/mol. The summed E-state index contributed by atoms with van der Waals surface area (Å²) in [5, 5.41) is 0. The summed E-state index contributed by atoms with van der Waals surface area (Å²) >= 11 is 0. The molecule has 0 bridgehead atoms. The summed E-state index contributed by atoms with van der Waals surface area (Å²) in [7, 11) is -2.03. The van der Waals surface area contributed by atoms with E-state index in [9.17, 15) is 4.57 Å². The molecule has 3 heteroatoms. The summed E-state index contributed by atoms with van der Waals surface area (Å²) in [6, 6.07) is 0. The molecule has 64 valence electrons. The molecule has 0 fully saturated rings. The van der Waals surface area contributed by atoms with Crippen molar-refractivity contribution in [1.29, 1.82) is 0 Å². The Hall–Kier alpha value is 0.660. The quantitative estimate of drug-likeness (QED) is 0.528. The van der Waals surface area contributed by atoms with Gasteiger partial charge in [0, 0.05) is 33.9 Å². The van der Waals surface area contributed by atoms with E-state index in [-0.39, 0.29) is 7.26 Å². The predicted octanol–water partition coefficient (Wildman–Crippen LogP) is 2.76. The Kier molecular flexibility index (Phi) is 6.00. The van der Waals surface area contributed by atoms with Crippen molar-refractivity contribution in [2.45, 2.75) is 0 Å². The minimum absolute atomic E-state index is 0.389. The summed E-state index contributed by atoms with van der Waals surface area (Å²) < 4.78 is 10.2. The van der Waals surface area contributed by atoms with E-state index < -0.39 is 7.14 Å². The van der Waals surface area contributed by atoms with E-state index in [0.717, 1.165) is 0 Å². The van der Waals surface area contributed by atoms with Gasteiger partial charge < -0.3 is 4.57 Å². The number of hydrogen-bond donors (Lipinski definition) is 0. The smallest absolute Gasteiger partial charge is 0.0790 e. The lowest BCUT2D eigenvalue weighted by atomic mass is 11.8. The zero-order valence-electron chi connectivity index (χ0n) is 8.30. The normalized spacial score (nSPS) is 11.9. The Morgan fingerprint density at radius 3 is 0.900 bits per heavy atom.